The first-order valence-electron chi connectivity index (χ1n) is 9.23. The molecule has 0 saturated heterocycles. The van der Waals surface area contributed by atoms with Crippen LogP contribution in [0.4, 0.5) is 0 Å². The van der Waals surface area contributed by atoms with Gasteiger partial charge in [0.2, 0.25) is 0 Å². The lowest BCUT2D eigenvalue weighted by molar-refractivity contribution is 0.298. The molecule has 0 aromatic heterocycles. The van der Waals surface area contributed by atoms with Crippen LogP contribution in [0.2, 0.25) is 0 Å². The third kappa shape index (κ3) is 3.70. The number of rotatable bonds is 5. The van der Waals surface area contributed by atoms with Gasteiger partial charge in [-0.2, -0.15) is 0 Å². The predicted octanol–water partition coefficient (Wildman–Crippen LogP) is 6.12. The summed E-state index contributed by atoms with van der Waals surface area (Å²) in [6.45, 7) is 6.79. The van der Waals surface area contributed by atoms with E-state index in [-0.39, 0.29) is 11.6 Å². The first kappa shape index (κ1) is 17.6. The molecule has 0 saturated carbocycles. The van der Waals surface area contributed by atoms with Gasteiger partial charge in [0.15, 0.2) is 0 Å². The van der Waals surface area contributed by atoms with Crippen molar-refractivity contribution in [2.45, 2.75) is 62.9 Å². The smallest absolute Gasteiger partial charge is 0.0592 e. The molecule has 0 radical (unpaired) electrons. The van der Waals surface area contributed by atoms with Gasteiger partial charge in [0, 0.05) is 16.2 Å². The maximum atomic E-state index is 4.09. The van der Waals surface area contributed by atoms with Gasteiger partial charge in [0.05, 0.1) is 6.04 Å². The fraction of sp³-hybridized carbons (Fsp3) is 0.455. The molecule has 1 N–H and O–H groups in total. The molecule has 1 nitrogen and oxygen atoms in total. The molecule has 1 aliphatic rings. The molecule has 1 heterocycles. The summed E-state index contributed by atoms with van der Waals surface area (Å²) >= 11 is 2.03. The van der Waals surface area contributed by atoms with E-state index in [1.165, 1.54) is 47.3 Å². The number of hydrogen-bond acceptors (Lipinski definition) is 2. The van der Waals surface area contributed by atoms with Gasteiger partial charge in [0.1, 0.15) is 0 Å². The molecule has 0 bridgehead atoms. The summed E-state index contributed by atoms with van der Waals surface area (Å²) in [6, 6.07) is 18.3. The first-order chi connectivity index (χ1) is 11.7. The number of thioether (sulfide) groups is 1. The minimum Gasteiger partial charge on any atom is -0.300 e. The van der Waals surface area contributed by atoms with Gasteiger partial charge in [-0.1, -0.05) is 74.7 Å². The van der Waals surface area contributed by atoms with E-state index in [1.807, 2.05) is 11.8 Å². The second-order valence-electron chi connectivity index (χ2n) is 7.05. The van der Waals surface area contributed by atoms with Gasteiger partial charge in [-0.15, -0.1) is 11.8 Å². The SMILES string of the molecule is CCCC[C@]1(CC)CSc2ccccc2[C@@H](c2ccc(C)cc2)N1. The van der Waals surface area contributed by atoms with E-state index in [2.05, 4.69) is 74.6 Å². The van der Waals surface area contributed by atoms with E-state index < -0.39 is 0 Å². The van der Waals surface area contributed by atoms with E-state index >= 15 is 0 Å². The molecular formula is C22H29NS. The van der Waals surface area contributed by atoms with Crippen molar-refractivity contribution in [1.82, 2.24) is 5.32 Å². The van der Waals surface area contributed by atoms with Gasteiger partial charge in [0.25, 0.3) is 0 Å². The van der Waals surface area contributed by atoms with Crippen LogP contribution in [0.15, 0.2) is 53.4 Å². The fourth-order valence-electron chi connectivity index (χ4n) is 3.55. The molecular weight excluding hydrogens is 310 g/mol. The number of fused-ring (bicyclic) bond motifs is 1. The average Bonchev–Trinajstić information content (AvgIpc) is 2.79. The quantitative estimate of drug-likeness (QED) is 0.704. The Balaban J connectivity index is 2.02. The third-order valence-electron chi connectivity index (χ3n) is 5.28. The van der Waals surface area contributed by atoms with Crippen molar-refractivity contribution in [3.8, 4) is 0 Å². The predicted molar refractivity (Wildman–Crippen MR) is 106 cm³/mol. The molecule has 24 heavy (non-hydrogen) atoms. The number of hydrogen-bond donors (Lipinski definition) is 1. The summed E-state index contributed by atoms with van der Waals surface area (Å²) in [6.07, 6.45) is 4.98. The van der Waals surface area contributed by atoms with Crippen molar-refractivity contribution in [3.05, 3.63) is 65.2 Å². The highest BCUT2D eigenvalue weighted by atomic mass is 32.2. The number of aryl methyl sites for hydroxylation is 1. The van der Waals surface area contributed by atoms with Crippen LogP contribution in [-0.2, 0) is 0 Å². The zero-order valence-electron chi connectivity index (χ0n) is 15.1. The lowest BCUT2D eigenvalue weighted by atomic mass is 9.88. The summed E-state index contributed by atoms with van der Waals surface area (Å²) in [7, 11) is 0. The van der Waals surface area contributed by atoms with Crippen molar-refractivity contribution >= 4 is 11.8 Å². The second-order valence-corrected chi connectivity index (χ2v) is 8.07. The van der Waals surface area contributed by atoms with Crippen molar-refractivity contribution in [1.29, 1.82) is 0 Å². The van der Waals surface area contributed by atoms with Crippen LogP contribution in [0.5, 0.6) is 0 Å². The first-order valence-corrected chi connectivity index (χ1v) is 10.2. The highest BCUT2D eigenvalue weighted by Crippen LogP contribution is 2.40. The van der Waals surface area contributed by atoms with Crippen LogP contribution < -0.4 is 5.32 Å². The Morgan fingerprint density at radius 1 is 1.08 bits per heavy atom. The maximum absolute atomic E-state index is 4.09. The lowest BCUT2D eigenvalue weighted by Crippen LogP contribution is -2.48. The van der Waals surface area contributed by atoms with Crippen LogP contribution in [0.1, 0.15) is 62.3 Å². The van der Waals surface area contributed by atoms with E-state index in [1.54, 1.807) is 0 Å². The fourth-order valence-corrected chi connectivity index (χ4v) is 4.95. The Hall–Kier alpha value is -1.25. The Morgan fingerprint density at radius 2 is 1.83 bits per heavy atom. The van der Waals surface area contributed by atoms with Crippen LogP contribution >= 0.6 is 11.8 Å². The molecule has 0 fully saturated rings. The highest BCUT2D eigenvalue weighted by molar-refractivity contribution is 7.99. The standard InChI is InChI=1S/C22H29NS/c1-4-6-15-22(5-2)16-24-20-10-8-7-9-19(20)21(23-22)18-13-11-17(3)12-14-18/h7-14,21,23H,4-6,15-16H2,1-3H3/t21-,22-/m1/s1. The summed E-state index contributed by atoms with van der Waals surface area (Å²) in [4.78, 5) is 1.43. The summed E-state index contributed by atoms with van der Waals surface area (Å²) in [5.74, 6) is 1.16. The van der Waals surface area contributed by atoms with Gasteiger partial charge in [-0.3, -0.25) is 5.32 Å². The van der Waals surface area contributed by atoms with Crippen LogP contribution in [0.3, 0.4) is 0 Å². The molecule has 128 valence electrons. The normalized spacial score (nSPS) is 23.5. The van der Waals surface area contributed by atoms with Gasteiger partial charge >= 0.3 is 0 Å². The third-order valence-corrected chi connectivity index (χ3v) is 6.66. The van der Waals surface area contributed by atoms with E-state index in [4.69, 9.17) is 0 Å². The number of benzene rings is 2. The van der Waals surface area contributed by atoms with Crippen molar-refractivity contribution < 1.29 is 0 Å². The molecule has 0 unspecified atom stereocenters. The summed E-state index contributed by atoms with van der Waals surface area (Å²) < 4.78 is 0. The molecule has 2 aromatic carbocycles. The number of nitrogens with one attached hydrogen (secondary N) is 1. The monoisotopic (exact) mass is 339 g/mol. The second kappa shape index (κ2) is 7.76. The lowest BCUT2D eigenvalue weighted by Gasteiger charge is -2.36. The minimum absolute atomic E-state index is 0.218. The van der Waals surface area contributed by atoms with Crippen LogP contribution in [0.25, 0.3) is 0 Å². The van der Waals surface area contributed by atoms with Crippen molar-refractivity contribution in [3.63, 3.8) is 0 Å². The Bertz CT molecular complexity index is 664. The molecule has 2 atom stereocenters. The van der Waals surface area contributed by atoms with Gasteiger partial charge < -0.3 is 0 Å². The molecule has 2 aromatic rings. The Kier molecular flexibility index (Phi) is 5.68. The zero-order valence-corrected chi connectivity index (χ0v) is 16.0. The molecule has 0 spiro atoms. The average molecular weight is 340 g/mol. The summed E-state index contributed by atoms with van der Waals surface area (Å²) in [5.41, 5.74) is 4.35. The molecule has 1 aliphatic heterocycles. The van der Waals surface area contributed by atoms with Gasteiger partial charge in [-0.25, -0.2) is 0 Å². The van der Waals surface area contributed by atoms with Gasteiger partial charge in [-0.05, 0) is 37.0 Å². The summed E-state index contributed by atoms with van der Waals surface area (Å²) in [5, 5.41) is 4.09. The van der Waals surface area contributed by atoms with Crippen molar-refractivity contribution in [2.24, 2.45) is 0 Å². The Labute approximate surface area is 151 Å². The van der Waals surface area contributed by atoms with E-state index in [0.717, 1.165) is 5.75 Å². The molecule has 2 heteroatoms. The van der Waals surface area contributed by atoms with E-state index in [0.29, 0.717) is 0 Å². The van der Waals surface area contributed by atoms with E-state index in [9.17, 15) is 0 Å². The molecule has 0 aliphatic carbocycles. The van der Waals surface area contributed by atoms with Crippen molar-refractivity contribution in [2.75, 3.05) is 5.75 Å². The molecule has 0 amide bonds. The Morgan fingerprint density at radius 3 is 2.54 bits per heavy atom. The topological polar surface area (TPSA) is 12.0 Å². The maximum Gasteiger partial charge on any atom is 0.0592 e. The minimum atomic E-state index is 0.218. The zero-order chi connectivity index (χ0) is 17.0. The molecule has 3 rings (SSSR count). The highest BCUT2D eigenvalue weighted by Gasteiger charge is 2.35. The van der Waals surface area contributed by atoms with Crippen LogP contribution in [-0.4, -0.2) is 11.3 Å². The van der Waals surface area contributed by atoms with Crippen LogP contribution in [0, 0.1) is 6.92 Å². The number of unbranched alkanes of at least 4 members (excludes halogenated alkanes) is 1. The largest absolute Gasteiger partial charge is 0.300 e.